The van der Waals surface area contributed by atoms with Gasteiger partial charge in [0.05, 0.1) is 0 Å². The first-order valence-corrected chi connectivity index (χ1v) is 7.13. The van der Waals surface area contributed by atoms with Crippen molar-refractivity contribution < 1.29 is 4.79 Å². The smallest absolute Gasteiger partial charge is 0.269 e. The molecule has 2 N–H and O–H groups in total. The maximum Gasteiger partial charge on any atom is 0.269 e. The lowest BCUT2D eigenvalue weighted by Crippen LogP contribution is -2.54. The lowest BCUT2D eigenvalue weighted by molar-refractivity contribution is -0.123. The summed E-state index contributed by atoms with van der Waals surface area (Å²) >= 11 is 12.3. The number of carbonyl (C=O) groups is 1. The summed E-state index contributed by atoms with van der Waals surface area (Å²) in [6, 6.07) is 8.18. The first-order chi connectivity index (χ1) is 8.85. The highest BCUT2D eigenvalue weighted by Gasteiger charge is 2.45. The van der Waals surface area contributed by atoms with Crippen LogP contribution in [-0.4, -0.2) is 21.8 Å². The Balaban J connectivity index is 2.46. The molecule has 0 bridgehead atoms. The van der Waals surface area contributed by atoms with E-state index in [1.165, 1.54) is 11.1 Å². The van der Waals surface area contributed by atoms with E-state index in [1.807, 2.05) is 12.1 Å². The maximum absolute atomic E-state index is 11.5. The molecule has 5 heteroatoms. The molecule has 0 fully saturated rings. The summed E-state index contributed by atoms with van der Waals surface area (Å²) in [6.45, 7) is 4.80. The second-order valence-corrected chi connectivity index (χ2v) is 6.52. The molecule has 1 aliphatic heterocycles. The van der Waals surface area contributed by atoms with E-state index < -0.39 is 10.4 Å². The van der Waals surface area contributed by atoms with Crippen molar-refractivity contribution >= 4 is 29.1 Å². The minimum absolute atomic E-state index is 0.00699. The van der Waals surface area contributed by atoms with Crippen molar-refractivity contribution in [3.8, 4) is 0 Å². The molecule has 104 valence electrons. The van der Waals surface area contributed by atoms with Crippen molar-refractivity contribution in [3.63, 3.8) is 0 Å². The van der Waals surface area contributed by atoms with E-state index in [-0.39, 0.29) is 12.0 Å². The predicted molar refractivity (Wildman–Crippen MR) is 78.1 cm³/mol. The Labute approximate surface area is 123 Å². The summed E-state index contributed by atoms with van der Waals surface area (Å²) in [6.07, 6.45) is 0.813. The van der Waals surface area contributed by atoms with E-state index >= 15 is 0 Å². The second-order valence-electron chi connectivity index (χ2n) is 5.24. The molecular formula is C14H18Cl2N2O. The van der Waals surface area contributed by atoms with E-state index in [0.717, 1.165) is 6.42 Å². The lowest BCUT2D eigenvalue weighted by atomic mass is 9.86. The van der Waals surface area contributed by atoms with Gasteiger partial charge in [-0.25, -0.2) is 0 Å². The molecule has 3 nitrogen and oxygen atoms in total. The van der Waals surface area contributed by atoms with Gasteiger partial charge in [-0.1, -0.05) is 61.3 Å². The third-order valence-electron chi connectivity index (χ3n) is 3.62. The Morgan fingerprint density at radius 2 is 2.05 bits per heavy atom. The van der Waals surface area contributed by atoms with E-state index in [9.17, 15) is 4.79 Å². The van der Waals surface area contributed by atoms with Crippen LogP contribution >= 0.6 is 23.2 Å². The normalized spacial score (nSPS) is 20.4. The number of carbonyl (C=O) groups excluding carboxylic acids is 1. The largest absolute Gasteiger partial charge is 0.366 e. The van der Waals surface area contributed by atoms with Gasteiger partial charge >= 0.3 is 0 Å². The molecular weight excluding hydrogens is 283 g/mol. The molecule has 1 atom stereocenters. The Hall–Kier alpha value is -0.770. The number of rotatable bonds is 3. The van der Waals surface area contributed by atoms with Crippen molar-refractivity contribution in [1.82, 2.24) is 4.90 Å². The number of primary amides is 1. The first-order valence-electron chi connectivity index (χ1n) is 6.38. The van der Waals surface area contributed by atoms with Crippen LogP contribution < -0.4 is 5.73 Å². The molecule has 19 heavy (non-hydrogen) atoms. The Bertz CT molecular complexity index is 488. The summed E-state index contributed by atoms with van der Waals surface area (Å²) in [7, 11) is 0. The maximum atomic E-state index is 11.5. The number of hydrogen-bond donors (Lipinski definition) is 1. The fourth-order valence-electron chi connectivity index (χ4n) is 2.77. The predicted octanol–water partition coefficient (Wildman–Crippen LogP) is 2.86. The number of nitrogens with two attached hydrogens (primary N) is 1. The standard InChI is InChI=1S/C14H18Cl2N2O/c1-9(2)12-11-6-4-3-5-10(11)7-8-18(12)14(15,16)13(17)19/h3-6,9,12H,7-8H2,1-2H3,(H2,17,19). The van der Waals surface area contributed by atoms with E-state index in [2.05, 4.69) is 26.0 Å². The molecule has 1 heterocycles. The van der Waals surface area contributed by atoms with E-state index in [0.29, 0.717) is 6.54 Å². The number of alkyl halides is 2. The summed E-state index contributed by atoms with van der Waals surface area (Å²) in [5, 5.41) is 0. The average molecular weight is 301 g/mol. The fourth-order valence-corrected chi connectivity index (χ4v) is 3.15. The molecule has 0 spiro atoms. The monoisotopic (exact) mass is 300 g/mol. The highest BCUT2D eigenvalue weighted by Crippen LogP contribution is 2.42. The van der Waals surface area contributed by atoms with Crippen LogP contribution in [0.3, 0.4) is 0 Å². The minimum Gasteiger partial charge on any atom is -0.366 e. The topological polar surface area (TPSA) is 46.3 Å². The number of fused-ring (bicyclic) bond motifs is 1. The number of amides is 1. The van der Waals surface area contributed by atoms with Gasteiger partial charge in [-0.05, 0) is 23.5 Å². The number of nitrogens with zero attached hydrogens (tertiary/aromatic N) is 1. The number of halogens is 2. The molecule has 1 unspecified atom stereocenters. The molecule has 0 saturated carbocycles. The zero-order valence-corrected chi connectivity index (χ0v) is 12.6. The quantitative estimate of drug-likeness (QED) is 0.689. The highest BCUT2D eigenvalue weighted by atomic mass is 35.5. The van der Waals surface area contributed by atoms with E-state index in [1.54, 1.807) is 4.90 Å². The van der Waals surface area contributed by atoms with Crippen LogP contribution in [-0.2, 0) is 11.2 Å². The van der Waals surface area contributed by atoms with Gasteiger partial charge in [0.15, 0.2) is 0 Å². The van der Waals surface area contributed by atoms with Gasteiger partial charge in [-0.2, -0.15) is 0 Å². The number of hydrogen-bond acceptors (Lipinski definition) is 2. The second kappa shape index (κ2) is 5.31. The van der Waals surface area contributed by atoms with Gasteiger partial charge in [-0.3, -0.25) is 9.69 Å². The summed E-state index contributed by atoms with van der Waals surface area (Å²) in [5.74, 6) is -0.446. The molecule has 2 rings (SSSR count). The van der Waals surface area contributed by atoms with Crippen molar-refractivity contribution in [2.45, 2.75) is 30.8 Å². The lowest BCUT2D eigenvalue weighted by Gasteiger charge is -2.44. The SMILES string of the molecule is CC(C)C1c2ccccc2CCN1C(Cl)(Cl)C(N)=O. The molecule has 1 aromatic carbocycles. The van der Waals surface area contributed by atoms with Gasteiger partial charge < -0.3 is 5.73 Å². The Morgan fingerprint density at radius 3 is 2.63 bits per heavy atom. The first kappa shape index (κ1) is 14.6. The van der Waals surface area contributed by atoms with Crippen LogP contribution in [0.2, 0.25) is 0 Å². The molecule has 0 aliphatic carbocycles. The van der Waals surface area contributed by atoms with Crippen LogP contribution in [0.15, 0.2) is 24.3 Å². The average Bonchev–Trinajstić information content (AvgIpc) is 2.36. The van der Waals surface area contributed by atoms with Crippen LogP contribution in [0.4, 0.5) is 0 Å². The van der Waals surface area contributed by atoms with Crippen LogP contribution in [0.25, 0.3) is 0 Å². The van der Waals surface area contributed by atoms with Crippen molar-refractivity contribution in [1.29, 1.82) is 0 Å². The molecule has 0 saturated heterocycles. The van der Waals surface area contributed by atoms with E-state index in [4.69, 9.17) is 28.9 Å². The molecule has 0 radical (unpaired) electrons. The van der Waals surface area contributed by atoms with Crippen molar-refractivity contribution in [3.05, 3.63) is 35.4 Å². The van der Waals surface area contributed by atoms with Gasteiger partial charge in [0.25, 0.3) is 10.4 Å². The third-order valence-corrected chi connectivity index (χ3v) is 4.43. The summed E-state index contributed by atoms with van der Waals surface area (Å²) < 4.78 is -1.66. The van der Waals surface area contributed by atoms with Crippen molar-refractivity contribution in [2.75, 3.05) is 6.54 Å². The zero-order valence-electron chi connectivity index (χ0n) is 11.1. The molecule has 1 aliphatic rings. The molecule has 1 amide bonds. The van der Waals surface area contributed by atoms with Gasteiger partial charge in [-0.15, -0.1) is 0 Å². The zero-order chi connectivity index (χ0) is 14.2. The summed E-state index contributed by atoms with van der Waals surface area (Å²) in [4.78, 5) is 13.3. The van der Waals surface area contributed by atoms with Gasteiger partial charge in [0.2, 0.25) is 0 Å². The molecule has 1 aromatic rings. The van der Waals surface area contributed by atoms with Gasteiger partial charge in [0.1, 0.15) is 0 Å². The van der Waals surface area contributed by atoms with Gasteiger partial charge in [0, 0.05) is 12.6 Å². The Morgan fingerprint density at radius 1 is 1.42 bits per heavy atom. The minimum atomic E-state index is -1.66. The van der Waals surface area contributed by atoms with Crippen LogP contribution in [0.5, 0.6) is 0 Å². The van der Waals surface area contributed by atoms with Crippen LogP contribution in [0.1, 0.15) is 31.0 Å². The summed E-state index contributed by atoms with van der Waals surface area (Å²) in [5.41, 5.74) is 7.80. The Kier molecular flexibility index (Phi) is 4.09. The molecule has 0 aromatic heterocycles. The fraction of sp³-hybridized carbons (Fsp3) is 0.500. The third kappa shape index (κ3) is 2.60. The van der Waals surface area contributed by atoms with Crippen LogP contribution in [0, 0.1) is 5.92 Å². The van der Waals surface area contributed by atoms with Crippen molar-refractivity contribution in [2.24, 2.45) is 11.7 Å². The highest BCUT2D eigenvalue weighted by molar-refractivity contribution is 6.57. The number of benzene rings is 1.